The van der Waals surface area contributed by atoms with Gasteiger partial charge in [0.25, 0.3) is 0 Å². The molecule has 1 rings (SSSR count). The third kappa shape index (κ3) is 2.58. The van der Waals surface area contributed by atoms with Gasteiger partial charge in [0.05, 0.1) is 6.42 Å². The van der Waals surface area contributed by atoms with Gasteiger partial charge in [-0.25, -0.2) is 0 Å². The Morgan fingerprint density at radius 2 is 2.07 bits per heavy atom. The van der Waals surface area contributed by atoms with Gasteiger partial charge in [-0.15, -0.1) is 0 Å². The number of halogens is 3. The summed E-state index contributed by atoms with van der Waals surface area (Å²) in [6, 6.07) is -2.17. The predicted molar refractivity (Wildman–Crippen MR) is 41.6 cm³/mol. The van der Waals surface area contributed by atoms with E-state index in [1.54, 1.807) is 0 Å². The summed E-state index contributed by atoms with van der Waals surface area (Å²) in [7, 11) is 0. The van der Waals surface area contributed by atoms with Crippen LogP contribution < -0.4 is 5.73 Å². The zero-order chi connectivity index (χ0) is 10.9. The Hall–Kier alpha value is -0.820. The van der Waals surface area contributed by atoms with Gasteiger partial charge in [0.1, 0.15) is 6.04 Å². The Morgan fingerprint density at radius 3 is 2.36 bits per heavy atom. The van der Waals surface area contributed by atoms with Crippen LogP contribution in [0.25, 0.3) is 0 Å². The first-order chi connectivity index (χ1) is 6.30. The molecule has 0 aromatic heterocycles. The molecule has 1 saturated heterocycles. The van der Waals surface area contributed by atoms with Crippen molar-refractivity contribution in [1.29, 1.82) is 0 Å². The molecule has 1 aliphatic heterocycles. The molecule has 0 aliphatic carbocycles. The van der Waals surface area contributed by atoms with Crippen LogP contribution in [0.2, 0.25) is 0 Å². The van der Waals surface area contributed by atoms with Gasteiger partial charge in [-0.1, -0.05) is 0 Å². The molecular formula is C7H11F3N2O2. The number of nitrogens with zero attached hydrogens (tertiary/aromatic N) is 1. The number of carboxylic acid groups (broad SMARTS) is 1. The lowest BCUT2D eigenvalue weighted by atomic mass is 10.0. The maximum Gasteiger partial charge on any atom is 0.404 e. The molecule has 0 radical (unpaired) electrons. The molecule has 0 saturated carbocycles. The first-order valence-electron chi connectivity index (χ1n) is 4.09. The first kappa shape index (κ1) is 11.3. The minimum Gasteiger partial charge on any atom is -0.481 e. The summed E-state index contributed by atoms with van der Waals surface area (Å²) in [5, 5.41) is 8.32. The average Bonchev–Trinajstić information content (AvgIpc) is 1.92. The number of likely N-dealkylation sites (tertiary alicyclic amines) is 1. The van der Waals surface area contributed by atoms with Crippen molar-refractivity contribution >= 4 is 5.97 Å². The van der Waals surface area contributed by atoms with Crippen LogP contribution in [0.3, 0.4) is 0 Å². The van der Waals surface area contributed by atoms with E-state index in [0.717, 1.165) is 4.90 Å². The molecule has 1 fully saturated rings. The number of carboxylic acids is 1. The fraction of sp³-hybridized carbons (Fsp3) is 0.857. The quantitative estimate of drug-likeness (QED) is 0.692. The zero-order valence-electron chi connectivity index (χ0n) is 7.29. The van der Waals surface area contributed by atoms with Gasteiger partial charge in [-0.05, 0) is 0 Å². The van der Waals surface area contributed by atoms with E-state index >= 15 is 0 Å². The predicted octanol–water partition coefficient (Wildman–Crippen LogP) is 0.0349. The Bertz CT molecular complexity index is 225. The topological polar surface area (TPSA) is 66.6 Å². The highest BCUT2D eigenvalue weighted by Crippen LogP contribution is 2.29. The maximum absolute atomic E-state index is 12.3. The number of alkyl halides is 3. The molecule has 1 unspecified atom stereocenters. The lowest BCUT2D eigenvalue weighted by Crippen LogP contribution is -2.63. The van der Waals surface area contributed by atoms with Gasteiger partial charge < -0.3 is 10.8 Å². The summed E-state index contributed by atoms with van der Waals surface area (Å²) < 4.78 is 37.0. The molecule has 1 heterocycles. The van der Waals surface area contributed by atoms with Crippen molar-refractivity contribution < 1.29 is 23.1 Å². The fourth-order valence-electron chi connectivity index (χ4n) is 1.42. The number of hydrogen-bond donors (Lipinski definition) is 2. The van der Waals surface area contributed by atoms with Crippen LogP contribution >= 0.6 is 0 Å². The van der Waals surface area contributed by atoms with Gasteiger partial charge in [0.15, 0.2) is 0 Å². The van der Waals surface area contributed by atoms with E-state index in [9.17, 15) is 18.0 Å². The van der Waals surface area contributed by atoms with E-state index in [-0.39, 0.29) is 19.1 Å². The summed E-state index contributed by atoms with van der Waals surface area (Å²) >= 11 is 0. The van der Waals surface area contributed by atoms with Gasteiger partial charge in [-0.3, -0.25) is 9.69 Å². The van der Waals surface area contributed by atoms with E-state index in [1.165, 1.54) is 0 Å². The monoisotopic (exact) mass is 212 g/mol. The van der Waals surface area contributed by atoms with Gasteiger partial charge >= 0.3 is 12.1 Å². The Balaban J connectivity index is 2.58. The normalized spacial score (nSPS) is 21.7. The maximum atomic E-state index is 12.3. The number of aliphatic carboxylic acids is 1. The van der Waals surface area contributed by atoms with E-state index in [2.05, 4.69) is 0 Å². The van der Waals surface area contributed by atoms with Gasteiger partial charge in [0, 0.05) is 19.1 Å². The highest BCUT2D eigenvalue weighted by atomic mass is 19.4. The van der Waals surface area contributed by atoms with Crippen LogP contribution in [-0.2, 0) is 4.79 Å². The molecule has 0 spiro atoms. The average molecular weight is 212 g/mol. The number of nitrogens with two attached hydrogens (primary N) is 1. The number of rotatable bonds is 3. The summed E-state index contributed by atoms with van der Waals surface area (Å²) in [5.41, 5.74) is 5.32. The van der Waals surface area contributed by atoms with E-state index in [1.807, 2.05) is 0 Å². The van der Waals surface area contributed by atoms with Crippen LogP contribution in [0.5, 0.6) is 0 Å². The Kier molecular flexibility index (Phi) is 3.01. The van der Waals surface area contributed by atoms with E-state index in [0.29, 0.717) is 0 Å². The Morgan fingerprint density at radius 1 is 1.57 bits per heavy atom. The second kappa shape index (κ2) is 3.74. The van der Waals surface area contributed by atoms with E-state index < -0.39 is 24.6 Å². The van der Waals surface area contributed by atoms with Crippen molar-refractivity contribution in [1.82, 2.24) is 4.90 Å². The SMILES string of the molecule is NC1CN(C(CC(=O)O)C(F)(F)F)C1. The highest BCUT2D eigenvalue weighted by Gasteiger charge is 2.47. The Labute approximate surface area is 78.5 Å². The molecule has 3 N–H and O–H groups in total. The molecule has 7 heteroatoms. The van der Waals surface area contributed by atoms with Crippen LogP contribution in [0, 0.1) is 0 Å². The molecule has 14 heavy (non-hydrogen) atoms. The zero-order valence-corrected chi connectivity index (χ0v) is 7.29. The van der Waals surface area contributed by atoms with Crippen LogP contribution in [0.4, 0.5) is 13.2 Å². The number of hydrogen-bond acceptors (Lipinski definition) is 3. The molecule has 0 aromatic rings. The lowest BCUT2D eigenvalue weighted by Gasteiger charge is -2.42. The second-order valence-corrected chi connectivity index (χ2v) is 3.37. The summed E-state index contributed by atoms with van der Waals surface area (Å²) in [5.74, 6) is -1.45. The second-order valence-electron chi connectivity index (χ2n) is 3.37. The van der Waals surface area contributed by atoms with Crippen LogP contribution in [-0.4, -0.2) is 47.3 Å². The molecule has 82 valence electrons. The smallest absolute Gasteiger partial charge is 0.404 e. The van der Waals surface area contributed by atoms with Gasteiger partial charge in [-0.2, -0.15) is 13.2 Å². The number of carbonyl (C=O) groups is 1. The third-order valence-corrected chi connectivity index (χ3v) is 2.12. The van der Waals surface area contributed by atoms with E-state index in [4.69, 9.17) is 10.8 Å². The molecule has 0 amide bonds. The van der Waals surface area contributed by atoms with Crippen molar-refractivity contribution in [3.63, 3.8) is 0 Å². The largest absolute Gasteiger partial charge is 0.481 e. The molecule has 4 nitrogen and oxygen atoms in total. The fourth-order valence-corrected chi connectivity index (χ4v) is 1.42. The summed E-state index contributed by atoms with van der Waals surface area (Å²) in [6.07, 6.45) is -5.42. The van der Waals surface area contributed by atoms with Crippen LogP contribution in [0.1, 0.15) is 6.42 Å². The molecular weight excluding hydrogens is 201 g/mol. The van der Waals surface area contributed by atoms with Crippen molar-refractivity contribution in [3.05, 3.63) is 0 Å². The summed E-state index contributed by atoms with van der Waals surface area (Å²) in [4.78, 5) is 11.3. The van der Waals surface area contributed by atoms with Crippen molar-refractivity contribution in [2.24, 2.45) is 5.73 Å². The molecule has 0 aromatic carbocycles. The lowest BCUT2D eigenvalue weighted by molar-refractivity contribution is -0.200. The van der Waals surface area contributed by atoms with Gasteiger partial charge in [0.2, 0.25) is 0 Å². The summed E-state index contributed by atoms with van der Waals surface area (Å²) in [6.45, 7) is 0.217. The minimum absolute atomic E-state index is 0.109. The first-order valence-corrected chi connectivity index (χ1v) is 4.09. The third-order valence-electron chi connectivity index (χ3n) is 2.12. The van der Waals surface area contributed by atoms with Crippen molar-refractivity contribution in [2.75, 3.05) is 13.1 Å². The standard InChI is InChI=1S/C7H11F3N2O2/c8-7(9,10)5(1-6(13)14)12-2-4(11)3-12/h4-5H,1-3,11H2,(H,13,14). The van der Waals surface area contributed by atoms with Crippen molar-refractivity contribution in [3.8, 4) is 0 Å². The van der Waals surface area contributed by atoms with Crippen LogP contribution in [0.15, 0.2) is 0 Å². The molecule has 1 aliphatic rings. The molecule has 0 bridgehead atoms. The highest BCUT2D eigenvalue weighted by molar-refractivity contribution is 5.67. The van der Waals surface area contributed by atoms with Crippen molar-refractivity contribution in [2.45, 2.75) is 24.7 Å². The molecule has 1 atom stereocenters. The minimum atomic E-state index is -4.50.